The number of pyridine rings is 2. The lowest BCUT2D eigenvalue weighted by Gasteiger charge is -2.37. The van der Waals surface area contributed by atoms with Gasteiger partial charge < -0.3 is 0 Å². The van der Waals surface area contributed by atoms with E-state index in [9.17, 15) is 0 Å². The number of aromatic nitrogens is 6. The third-order valence-corrected chi connectivity index (χ3v) is 15.3. The van der Waals surface area contributed by atoms with Crippen molar-refractivity contribution in [2.75, 3.05) is 0 Å². The molecule has 7 heteroatoms. The summed E-state index contributed by atoms with van der Waals surface area (Å²) in [5.74, 6) is 1.69. The minimum Gasteiger partial charge on any atom is -0.277 e. The van der Waals surface area contributed by atoms with Crippen LogP contribution < -0.4 is 20.7 Å². The molecule has 0 bridgehead atoms. The molecule has 0 fully saturated rings. The van der Waals surface area contributed by atoms with Gasteiger partial charge in [0.1, 0.15) is 22.7 Å². The van der Waals surface area contributed by atoms with Gasteiger partial charge in [0.2, 0.25) is 0 Å². The van der Waals surface area contributed by atoms with Gasteiger partial charge in [-0.3, -0.25) is 9.13 Å². The fraction of sp³-hybridized carbons (Fsp3) is 0. The molecular formula is C48H34N6Si. The molecule has 0 radical (unpaired) electrons. The highest BCUT2D eigenvalue weighted by molar-refractivity contribution is 7.20. The van der Waals surface area contributed by atoms with E-state index in [0.717, 1.165) is 56.5 Å². The molecule has 0 saturated carbocycles. The Bertz CT molecular complexity index is 2720. The summed E-state index contributed by atoms with van der Waals surface area (Å²) in [5, 5.41) is 4.94. The molecule has 10 aromatic rings. The van der Waals surface area contributed by atoms with Crippen LogP contribution in [0.5, 0.6) is 0 Å². The van der Waals surface area contributed by atoms with Crippen LogP contribution in [0.15, 0.2) is 207 Å². The van der Waals surface area contributed by atoms with Crippen LogP contribution in [0.4, 0.5) is 0 Å². The zero-order chi connectivity index (χ0) is 36.6. The normalized spacial score (nSPS) is 11.6. The van der Waals surface area contributed by atoms with Gasteiger partial charge in [-0.1, -0.05) is 146 Å². The summed E-state index contributed by atoms with van der Waals surface area (Å²) in [5.41, 5.74) is 7.42. The van der Waals surface area contributed by atoms with Gasteiger partial charge in [0.05, 0.1) is 0 Å². The monoisotopic (exact) mass is 722 g/mol. The van der Waals surface area contributed by atoms with Crippen molar-refractivity contribution in [3.8, 4) is 34.2 Å². The maximum absolute atomic E-state index is 5.38. The van der Waals surface area contributed by atoms with Gasteiger partial charge in [-0.2, -0.15) is 0 Å². The van der Waals surface area contributed by atoms with E-state index in [4.69, 9.17) is 19.9 Å². The van der Waals surface area contributed by atoms with Crippen LogP contribution in [-0.4, -0.2) is 37.1 Å². The molecule has 260 valence electrons. The molecule has 0 aliphatic heterocycles. The zero-order valence-corrected chi connectivity index (χ0v) is 30.8. The van der Waals surface area contributed by atoms with Gasteiger partial charge in [0.15, 0.2) is 19.4 Å². The molecule has 10 rings (SSSR count). The van der Waals surface area contributed by atoms with Crippen molar-refractivity contribution in [3.05, 3.63) is 207 Å². The number of para-hydroxylation sites is 2. The lowest BCUT2D eigenvalue weighted by atomic mass is 10.2. The first-order chi connectivity index (χ1) is 27.3. The van der Waals surface area contributed by atoms with Crippen molar-refractivity contribution in [1.82, 2.24) is 29.1 Å². The van der Waals surface area contributed by atoms with Crippen molar-refractivity contribution in [3.63, 3.8) is 0 Å². The van der Waals surface area contributed by atoms with Crippen molar-refractivity contribution < 1.29 is 0 Å². The Kier molecular flexibility index (Phi) is 8.04. The second-order valence-electron chi connectivity index (χ2n) is 13.5. The summed E-state index contributed by atoms with van der Waals surface area (Å²) >= 11 is 0. The topological polar surface area (TPSA) is 61.4 Å². The number of benzene rings is 6. The van der Waals surface area contributed by atoms with Gasteiger partial charge in [-0.15, -0.1) is 0 Å². The van der Waals surface area contributed by atoms with Crippen molar-refractivity contribution in [2.24, 2.45) is 0 Å². The van der Waals surface area contributed by atoms with Crippen LogP contribution in [0.25, 0.3) is 56.5 Å². The smallest absolute Gasteiger partial charge is 0.181 e. The Morgan fingerprint density at radius 3 is 1.13 bits per heavy atom. The fourth-order valence-corrected chi connectivity index (χ4v) is 13.3. The van der Waals surface area contributed by atoms with Gasteiger partial charge in [-0.05, 0) is 69.3 Å². The van der Waals surface area contributed by atoms with E-state index in [1.807, 2.05) is 48.8 Å². The molecule has 0 N–H and O–H groups in total. The Labute approximate surface area is 319 Å². The number of hydrogen-bond acceptors (Lipinski definition) is 4. The first-order valence-electron chi connectivity index (χ1n) is 18.4. The SMILES string of the molecule is c1ccc(-n2c(-c3ccccc3[Si](c3ccccc3)(c3ccccc3)c3ccccc3-c3nc4cccnc4n3-c3ccccc3)nc3cccnc32)cc1. The summed E-state index contributed by atoms with van der Waals surface area (Å²) in [6, 6.07) is 68.6. The highest BCUT2D eigenvalue weighted by Crippen LogP contribution is 2.31. The molecule has 6 nitrogen and oxygen atoms in total. The minimum atomic E-state index is -3.25. The second kappa shape index (κ2) is 13.6. The van der Waals surface area contributed by atoms with Crippen molar-refractivity contribution in [2.45, 2.75) is 0 Å². The average Bonchev–Trinajstić information content (AvgIpc) is 3.85. The van der Waals surface area contributed by atoms with Gasteiger partial charge >= 0.3 is 0 Å². The van der Waals surface area contributed by atoms with E-state index >= 15 is 0 Å². The number of hydrogen-bond donors (Lipinski definition) is 0. The van der Waals surface area contributed by atoms with Gasteiger partial charge in [-0.25, -0.2) is 19.9 Å². The highest BCUT2D eigenvalue weighted by atomic mass is 28.3. The molecule has 0 unspecified atom stereocenters. The Morgan fingerprint density at radius 2 is 0.709 bits per heavy atom. The Balaban J connectivity index is 1.36. The number of rotatable bonds is 8. The lowest BCUT2D eigenvalue weighted by molar-refractivity contribution is 1.08. The maximum atomic E-state index is 5.38. The largest absolute Gasteiger partial charge is 0.277 e. The predicted octanol–water partition coefficient (Wildman–Crippen LogP) is 7.87. The predicted molar refractivity (Wildman–Crippen MR) is 226 cm³/mol. The average molecular weight is 723 g/mol. The number of imidazole rings is 2. The van der Waals surface area contributed by atoms with E-state index in [2.05, 4.69) is 167 Å². The molecule has 0 spiro atoms. The summed E-state index contributed by atoms with van der Waals surface area (Å²) in [6.07, 6.45) is 3.69. The maximum Gasteiger partial charge on any atom is 0.181 e. The second-order valence-corrected chi connectivity index (χ2v) is 17.2. The molecule has 0 saturated heterocycles. The van der Waals surface area contributed by atoms with Crippen LogP contribution in [-0.2, 0) is 0 Å². The van der Waals surface area contributed by atoms with Crippen LogP contribution in [0.3, 0.4) is 0 Å². The lowest BCUT2D eigenvalue weighted by Crippen LogP contribution is -2.75. The molecular weight excluding hydrogens is 689 g/mol. The standard InChI is InChI=1S/C48H34N6Si/c1-5-19-35(20-6-1)53-45(51-41-29-17-33-49-47(41)53)39-27-13-15-31-43(39)55(37-23-9-3-10-24-37,38-25-11-4-12-26-38)44-32-16-14-28-40(44)46-52-42-30-18-34-50-48(42)54(46)36-21-7-2-8-22-36/h1-34H. The van der Waals surface area contributed by atoms with Gasteiger partial charge in [0.25, 0.3) is 0 Å². The van der Waals surface area contributed by atoms with Crippen LogP contribution >= 0.6 is 0 Å². The first-order valence-corrected chi connectivity index (χ1v) is 20.4. The van der Waals surface area contributed by atoms with E-state index in [1.165, 1.54) is 20.7 Å². The van der Waals surface area contributed by atoms with Crippen LogP contribution in [0.2, 0.25) is 0 Å². The number of fused-ring (bicyclic) bond motifs is 2. The summed E-state index contributed by atoms with van der Waals surface area (Å²) in [6.45, 7) is 0. The molecule has 55 heavy (non-hydrogen) atoms. The molecule has 6 aromatic carbocycles. The zero-order valence-electron chi connectivity index (χ0n) is 29.8. The summed E-state index contributed by atoms with van der Waals surface area (Å²) in [7, 11) is -3.25. The van der Waals surface area contributed by atoms with E-state index < -0.39 is 8.07 Å². The van der Waals surface area contributed by atoms with E-state index in [1.54, 1.807) is 0 Å². The highest BCUT2D eigenvalue weighted by Gasteiger charge is 2.45. The summed E-state index contributed by atoms with van der Waals surface area (Å²) < 4.78 is 4.41. The summed E-state index contributed by atoms with van der Waals surface area (Å²) in [4.78, 5) is 20.5. The Hall–Kier alpha value is -7.22. The molecule has 4 aromatic heterocycles. The fourth-order valence-electron chi connectivity index (χ4n) is 8.15. The van der Waals surface area contributed by atoms with E-state index in [-0.39, 0.29) is 0 Å². The van der Waals surface area contributed by atoms with Crippen LogP contribution in [0.1, 0.15) is 0 Å². The van der Waals surface area contributed by atoms with Crippen LogP contribution in [0, 0.1) is 0 Å². The molecule has 4 heterocycles. The van der Waals surface area contributed by atoms with Crippen molar-refractivity contribution in [1.29, 1.82) is 0 Å². The first kappa shape index (κ1) is 32.4. The quantitative estimate of drug-likeness (QED) is 0.118. The van der Waals surface area contributed by atoms with Crippen molar-refractivity contribution >= 4 is 51.1 Å². The molecule has 0 aliphatic carbocycles. The minimum absolute atomic E-state index is 0.815. The molecule has 0 atom stereocenters. The van der Waals surface area contributed by atoms with E-state index in [0.29, 0.717) is 0 Å². The number of nitrogens with zero attached hydrogens (tertiary/aromatic N) is 6. The van der Waals surface area contributed by atoms with Gasteiger partial charge in [0, 0.05) is 34.9 Å². The third-order valence-electron chi connectivity index (χ3n) is 10.4. The molecule has 0 aliphatic rings. The molecule has 0 amide bonds. The Morgan fingerprint density at radius 1 is 0.345 bits per heavy atom. The third kappa shape index (κ3) is 5.32.